The molecule has 8 heavy (non-hydrogen) atoms. The molecule has 0 saturated heterocycles. The van der Waals surface area contributed by atoms with Crippen molar-refractivity contribution >= 4 is 5.69 Å². The highest BCUT2D eigenvalue weighted by atomic mass is 19.1. The molecule has 1 aromatic heterocycles. The summed E-state index contributed by atoms with van der Waals surface area (Å²) in [5, 5.41) is 7.42. The van der Waals surface area contributed by atoms with Crippen LogP contribution in [0.15, 0.2) is 11.4 Å². The molecule has 0 radical (unpaired) electrons. The lowest BCUT2D eigenvalue weighted by Crippen LogP contribution is -1.68. The van der Waals surface area contributed by atoms with E-state index >= 15 is 0 Å². The molecule has 1 rings (SSSR count). The van der Waals surface area contributed by atoms with Gasteiger partial charge in [-0.3, -0.25) is 5.10 Å². The standard InChI is InChI=1S/C3H2FN3O/c4-3-2(7-8)1-5-6-3/h1H,(H,5,6). The van der Waals surface area contributed by atoms with Crippen LogP contribution in [0.4, 0.5) is 10.1 Å². The van der Waals surface area contributed by atoms with Gasteiger partial charge in [0.05, 0.1) is 6.20 Å². The van der Waals surface area contributed by atoms with E-state index in [-0.39, 0.29) is 5.69 Å². The second-order valence-electron chi connectivity index (χ2n) is 1.16. The Labute approximate surface area is 43.7 Å². The Hall–Kier alpha value is -1.26. The number of aromatic amines is 1. The van der Waals surface area contributed by atoms with E-state index in [4.69, 9.17) is 0 Å². The van der Waals surface area contributed by atoms with Gasteiger partial charge in [0.15, 0.2) is 5.69 Å². The molecule has 1 N–H and O–H groups in total. The molecule has 0 spiro atoms. The van der Waals surface area contributed by atoms with Crippen molar-refractivity contribution in [1.82, 2.24) is 10.2 Å². The van der Waals surface area contributed by atoms with E-state index in [0.717, 1.165) is 6.20 Å². The molecule has 0 aliphatic carbocycles. The van der Waals surface area contributed by atoms with E-state index < -0.39 is 5.95 Å². The Morgan fingerprint density at radius 2 is 2.62 bits per heavy atom. The van der Waals surface area contributed by atoms with Crippen molar-refractivity contribution in [3.63, 3.8) is 0 Å². The molecule has 4 nitrogen and oxygen atoms in total. The van der Waals surface area contributed by atoms with Crippen LogP contribution in [0, 0.1) is 10.9 Å². The van der Waals surface area contributed by atoms with Crippen molar-refractivity contribution in [3.8, 4) is 0 Å². The van der Waals surface area contributed by atoms with Gasteiger partial charge in [0.2, 0.25) is 5.95 Å². The molecule has 42 valence electrons. The second kappa shape index (κ2) is 1.69. The molecular formula is C3H2FN3O. The van der Waals surface area contributed by atoms with Crippen molar-refractivity contribution in [1.29, 1.82) is 0 Å². The third-order valence-electron chi connectivity index (χ3n) is 0.673. The first-order valence-corrected chi connectivity index (χ1v) is 1.87. The average molecular weight is 115 g/mol. The summed E-state index contributed by atoms with van der Waals surface area (Å²) in [6.07, 6.45) is 1.02. The number of hydrogen-bond donors (Lipinski definition) is 1. The molecule has 0 aliphatic heterocycles. The first-order chi connectivity index (χ1) is 3.84. The highest BCUT2D eigenvalue weighted by Gasteiger charge is 2.00. The molecule has 0 unspecified atom stereocenters. The van der Waals surface area contributed by atoms with Gasteiger partial charge in [0.1, 0.15) is 0 Å². The molecule has 0 aliphatic rings. The number of rotatable bonds is 1. The van der Waals surface area contributed by atoms with E-state index in [9.17, 15) is 9.30 Å². The Morgan fingerprint density at radius 3 is 2.88 bits per heavy atom. The van der Waals surface area contributed by atoms with Gasteiger partial charge in [-0.1, -0.05) is 0 Å². The predicted molar refractivity (Wildman–Crippen MR) is 24.0 cm³/mol. The topological polar surface area (TPSA) is 58.1 Å². The van der Waals surface area contributed by atoms with Crippen LogP contribution in [-0.2, 0) is 0 Å². The van der Waals surface area contributed by atoms with Gasteiger partial charge >= 0.3 is 0 Å². The minimum Gasteiger partial charge on any atom is -0.251 e. The van der Waals surface area contributed by atoms with E-state index in [1.807, 2.05) is 5.10 Å². The summed E-state index contributed by atoms with van der Waals surface area (Å²) in [6, 6.07) is 0. The van der Waals surface area contributed by atoms with Crippen LogP contribution >= 0.6 is 0 Å². The third-order valence-corrected chi connectivity index (χ3v) is 0.673. The number of nitroso groups, excluding NO2 is 1. The zero-order chi connectivity index (χ0) is 5.98. The van der Waals surface area contributed by atoms with Gasteiger partial charge < -0.3 is 0 Å². The molecule has 0 bridgehead atoms. The fourth-order valence-electron chi connectivity index (χ4n) is 0.328. The largest absolute Gasteiger partial charge is 0.251 e. The summed E-state index contributed by atoms with van der Waals surface area (Å²) in [6.45, 7) is 0. The van der Waals surface area contributed by atoms with E-state index in [2.05, 4.69) is 10.3 Å². The molecule has 5 heteroatoms. The van der Waals surface area contributed by atoms with Gasteiger partial charge in [-0.15, -0.1) is 4.91 Å². The second-order valence-corrected chi connectivity index (χ2v) is 1.16. The number of halogens is 1. The van der Waals surface area contributed by atoms with Crippen LogP contribution in [0.1, 0.15) is 0 Å². The summed E-state index contributed by atoms with van der Waals surface area (Å²) in [7, 11) is 0. The lowest BCUT2D eigenvalue weighted by Gasteiger charge is -1.71. The number of nitrogens with one attached hydrogen (secondary N) is 1. The highest BCUT2D eigenvalue weighted by Crippen LogP contribution is 2.10. The fourth-order valence-corrected chi connectivity index (χ4v) is 0.328. The molecule has 1 aromatic rings. The molecule has 0 aromatic carbocycles. The van der Waals surface area contributed by atoms with Crippen LogP contribution in [0.2, 0.25) is 0 Å². The Morgan fingerprint density at radius 1 is 1.88 bits per heavy atom. The van der Waals surface area contributed by atoms with Crippen LogP contribution in [0.3, 0.4) is 0 Å². The van der Waals surface area contributed by atoms with Gasteiger partial charge in [-0.2, -0.15) is 9.49 Å². The zero-order valence-electron chi connectivity index (χ0n) is 3.76. The molecule has 0 fully saturated rings. The smallest absolute Gasteiger partial charge is 0.238 e. The lowest BCUT2D eigenvalue weighted by molar-refractivity contribution is 0.581. The summed E-state index contributed by atoms with van der Waals surface area (Å²) in [5.74, 6) is -0.792. The zero-order valence-corrected chi connectivity index (χ0v) is 3.76. The molecule has 0 atom stereocenters. The minimum absolute atomic E-state index is 0.287. The summed E-state index contributed by atoms with van der Waals surface area (Å²) in [4.78, 5) is 9.54. The number of nitrogens with zero attached hydrogens (tertiary/aromatic N) is 2. The molecular weight excluding hydrogens is 113 g/mol. The van der Waals surface area contributed by atoms with Gasteiger partial charge in [-0.25, -0.2) is 0 Å². The molecule has 0 saturated carbocycles. The lowest BCUT2D eigenvalue weighted by atomic mass is 10.6. The number of aromatic nitrogens is 2. The number of hydrogen-bond acceptors (Lipinski definition) is 3. The van der Waals surface area contributed by atoms with Crippen LogP contribution < -0.4 is 0 Å². The highest BCUT2D eigenvalue weighted by molar-refractivity contribution is 5.30. The van der Waals surface area contributed by atoms with Crippen molar-refractivity contribution in [2.45, 2.75) is 0 Å². The van der Waals surface area contributed by atoms with Crippen molar-refractivity contribution in [2.75, 3.05) is 0 Å². The Bertz CT molecular complexity index is 196. The van der Waals surface area contributed by atoms with Crippen LogP contribution in [0.5, 0.6) is 0 Å². The van der Waals surface area contributed by atoms with Crippen molar-refractivity contribution < 1.29 is 4.39 Å². The van der Waals surface area contributed by atoms with Gasteiger partial charge in [-0.05, 0) is 5.18 Å². The maximum absolute atomic E-state index is 11.9. The third kappa shape index (κ3) is 0.575. The quantitative estimate of drug-likeness (QED) is 0.554. The van der Waals surface area contributed by atoms with Gasteiger partial charge in [0.25, 0.3) is 0 Å². The summed E-state index contributed by atoms with van der Waals surface area (Å²) in [5.41, 5.74) is -0.287. The van der Waals surface area contributed by atoms with Gasteiger partial charge in [0, 0.05) is 0 Å². The summed E-state index contributed by atoms with van der Waals surface area (Å²) < 4.78 is 11.9. The Kier molecular flexibility index (Phi) is 1.03. The molecule has 1 heterocycles. The van der Waals surface area contributed by atoms with Crippen LogP contribution in [-0.4, -0.2) is 10.2 Å². The predicted octanol–water partition coefficient (Wildman–Crippen LogP) is 0.947. The van der Waals surface area contributed by atoms with E-state index in [1.54, 1.807) is 0 Å². The van der Waals surface area contributed by atoms with E-state index in [0.29, 0.717) is 0 Å². The van der Waals surface area contributed by atoms with Crippen molar-refractivity contribution in [3.05, 3.63) is 17.1 Å². The molecule has 0 amide bonds. The van der Waals surface area contributed by atoms with E-state index in [1.165, 1.54) is 0 Å². The maximum atomic E-state index is 11.9. The Balaban J connectivity index is 3.09. The fraction of sp³-hybridized carbons (Fsp3) is 0. The first-order valence-electron chi connectivity index (χ1n) is 1.87. The normalized spacial score (nSPS) is 9.12. The van der Waals surface area contributed by atoms with Crippen molar-refractivity contribution in [2.24, 2.45) is 5.18 Å². The first kappa shape index (κ1) is 4.89. The summed E-state index contributed by atoms with van der Waals surface area (Å²) >= 11 is 0. The average Bonchev–Trinajstić information content (AvgIpc) is 2.14. The number of H-pyrrole nitrogens is 1. The maximum Gasteiger partial charge on any atom is 0.238 e. The van der Waals surface area contributed by atoms with Crippen LogP contribution in [0.25, 0.3) is 0 Å². The monoisotopic (exact) mass is 115 g/mol. The minimum atomic E-state index is -0.792. The SMILES string of the molecule is O=Nc1cn[nH]c1F.